The first-order valence-corrected chi connectivity index (χ1v) is 9.52. The van der Waals surface area contributed by atoms with E-state index in [9.17, 15) is 14.7 Å². The summed E-state index contributed by atoms with van der Waals surface area (Å²) in [7, 11) is 0. The van der Waals surface area contributed by atoms with Crippen LogP contribution in [-0.4, -0.2) is 42.4 Å². The third kappa shape index (κ3) is 6.63. The van der Waals surface area contributed by atoms with Crippen LogP contribution in [0.5, 0.6) is 0 Å². The summed E-state index contributed by atoms with van der Waals surface area (Å²) in [5, 5.41) is 12.0. The summed E-state index contributed by atoms with van der Waals surface area (Å²) in [5.41, 5.74) is 1.93. The van der Waals surface area contributed by atoms with Gasteiger partial charge in [0.25, 0.3) is 0 Å². The van der Waals surface area contributed by atoms with E-state index >= 15 is 0 Å². The van der Waals surface area contributed by atoms with Crippen LogP contribution in [0.4, 0.5) is 0 Å². The quantitative estimate of drug-likeness (QED) is 0.727. The van der Waals surface area contributed by atoms with Gasteiger partial charge in [0.05, 0.1) is 25.2 Å². The SMILES string of the molecule is CC(OCC1CCCO1)C(=O)NC(CC(=O)O)c1ccc(C(C)(C)C)cc1. The summed E-state index contributed by atoms with van der Waals surface area (Å²) in [6.45, 7) is 9.13. The summed E-state index contributed by atoms with van der Waals surface area (Å²) in [4.78, 5) is 23.7. The maximum Gasteiger partial charge on any atom is 0.305 e. The standard InChI is InChI=1S/C21H31NO5/c1-14(27-13-17-6-5-11-26-17)20(25)22-18(12-19(23)24)15-7-9-16(10-8-15)21(2,3)4/h7-10,14,17-18H,5-6,11-13H2,1-4H3,(H,22,25)(H,23,24). The Kier molecular flexibility index (Phi) is 7.39. The normalized spacial score (nSPS) is 19.5. The number of nitrogens with one attached hydrogen (secondary N) is 1. The number of hydrogen-bond acceptors (Lipinski definition) is 4. The van der Waals surface area contributed by atoms with Crippen molar-refractivity contribution in [2.45, 2.75) is 70.6 Å². The molecular weight excluding hydrogens is 346 g/mol. The topological polar surface area (TPSA) is 84.9 Å². The van der Waals surface area contributed by atoms with Crippen molar-refractivity contribution in [3.63, 3.8) is 0 Å². The highest BCUT2D eigenvalue weighted by molar-refractivity contribution is 5.81. The van der Waals surface area contributed by atoms with Crippen LogP contribution in [0.1, 0.15) is 64.1 Å². The van der Waals surface area contributed by atoms with E-state index in [1.165, 1.54) is 0 Å². The molecule has 2 N–H and O–H groups in total. The van der Waals surface area contributed by atoms with Gasteiger partial charge in [0.15, 0.2) is 0 Å². The molecule has 27 heavy (non-hydrogen) atoms. The van der Waals surface area contributed by atoms with Crippen LogP contribution in [0.3, 0.4) is 0 Å². The first kappa shape index (κ1) is 21.4. The minimum atomic E-state index is -0.965. The minimum absolute atomic E-state index is 0.00867. The first-order valence-electron chi connectivity index (χ1n) is 9.52. The number of carbonyl (C=O) groups excluding carboxylic acids is 1. The van der Waals surface area contributed by atoms with Gasteiger partial charge in [-0.1, -0.05) is 45.0 Å². The molecule has 150 valence electrons. The number of benzene rings is 1. The maximum absolute atomic E-state index is 12.5. The van der Waals surface area contributed by atoms with E-state index in [-0.39, 0.29) is 23.8 Å². The van der Waals surface area contributed by atoms with E-state index in [0.717, 1.165) is 30.6 Å². The molecule has 1 aromatic carbocycles. The van der Waals surface area contributed by atoms with E-state index in [1.54, 1.807) is 6.92 Å². The molecule has 1 heterocycles. The zero-order valence-electron chi connectivity index (χ0n) is 16.7. The van der Waals surface area contributed by atoms with Gasteiger partial charge in [-0.15, -0.1) is 0 Å². The fourth-order valence-corrected chi connectivity index (χ4v) is 3.03. The molecule has 0 aromatic heterocycles. The fraction of sp³-hybridized carbons (Fsp3) is 0.619. The number of hydrogen-bond donors (Lipinski definition) is 2. The number of rotatable bonds is 8. The van der Waals surface area contributed by atoms with Crippen LogP contribution < -0.4 is 5.32 Å². The van der Waals surface area contributed by atoms with Gasteiger partial charge < -0.3 is 19.9 Å². The Bertz CT molecular complexity index is 629. The van der Waals surface area contributed by atoms with Crippen LogP contribution in [0.25, 0.3) is 0 Å². The molecule has 1 saturated heterocycles. The average molecular weight is 377 g/mol. The molecule has 1 amide bonds. The lowest BCUT2D eigenvalue weighted by Crippen LogP contribution is -2.39. The van der Waals surface area contributed by atoms with Crippen molar-refractivity contribution in [3.05, 3.63) is 35.4 Å². The Morgan fingerprint density at radius 3 is 2.48 bits per heavy atom. The average Bonchev–Trinajstić information content (AvgIpc) is 3.11. The molecule has 0 saturated carbocycles. The van der Waals surface area contributed by atoms with E-state index in [0.29, 0.717) is 6.61 Å². The minimum Gasteiger partial charge on any atom is -0.481 e. The van der Waals surface area contributed by atoms with Crippen LogP contribution in [-0.2, 0) is 24.5 Å². The Balaban J connectivity index is 2.00. The molecule has 0 radical (unpaired) electrons. The number of ether oxygens (including phenoxy) is 2. The van der Waals surface area contributed by atoms with E-state index in [1.807, 2.05) is 24.3 Å². The van der Waals surface area contributed by atoms with Crippen LogP contribution in [0, 0.1) is 0 Å². The van der Waals surface area contributed by atoms with Crippen molar-refractivity contribution in [1.82, 2.24) is 5.32 Å². The lowest BCUT2D eigenvalue weighted by atomic mass is 9.86. The van der Waals surface area contributed by atoms with Crippen LogP contribution >= 0.6 is 0 Å². The molecule has 0 aliphatic carbocycles. The third-order valence-corrected chi connectivity index (χ3v) is 4.80. The Morgan fingerprint density at radius 2 is 1.96 bits per heavy atom. The predicted octanol–water partition coefficient (Wildman–Crippen LogP) is 3.20. The molecule has 1 fully saturated rings. The zero-order valence-corrected chi connectivity index (χ0v) is 16.7. The predicted molar refractivity (Wildman–Crippen MR) is 103 cm³/mol. The molecule has 1 aliphatic rings. The van der Waals surface area contributed by atoms with E-state index in [4.69, 9.17) is 9.47 Å². The number of carboxylic acid groups (broad SMARTS) is 1. The van der Waals surface area contributed by atoms with Gasteiger partial charge in [0, 0.05) is 6.61 Å². The second-order valence-electron chi connectivity index (χ2n) is 8.14. The second kappa shape index (κ2) is 9.33. The molecule has 6 nitrogen and oxygen atoms in total. The highest BCUT2D eigenvalue weighted by atomic mass is 16.5. The Hall–Kier alpha value is -1.92. The van der Waals surface area contributed by atoms with Crippen molar-refractivity contribution in [1.29, 1.82) is 0 Å². The molecule has 2 rings (SSSR count). The zero-order chi connectivity index (χ0) is 20.0. The van der Waals surface area contributed by atoms with Crippen LogP contribution in [0.2, 0.25) is 0 Å². The molecule has 6 heteroatoms. The number of aliphatic carboxylic acids is 1. The molecule has 1 aliphatic heterocycles. The van der Waals surface area contributed by atoms with Gasteiger partial charge in [-0.3, -0.25) is 9.59 Å². The summed E-state index contributed by atoms with van der Waals surface area (Å²) < 4.78 is 11.1. The van der Waals surface area contributed by atoms with Gasteiger partial charge >= 0.3 is 5.97 Å². The molecule has 0 bridgehead atoms. The van der Waals surface area contributed by atoms with Gasteiger partial charge in [-0.25, -0.2) is 0 Å². The maximum atomic E-state index is 12.5. The van der Waals surface area contributed by atoms with E-state index < -0.39 is 18.1 Å². The number of carbonyl (C=O) groups is 2. The number of carboxylic acids is 1. The fourth-order valence-electron chi connectivity index (χ4n) is 3.03. The first-order chi connectivity index (χ1) is 12.7. The number of amides is 1. The van der Waals surface area contributed by atoms with Crippen molar-refractivity contribution >= 4 is 11.9 Å². The third-order valence-electron chi connectivity index (χ3n) is 4.80. The lowest BCUT2D eigenvalue weighted by Gasteiger charge is -2.23. The van der Waals surface area contributed by atoms with Crippen molar-refractivity contribution in [2.24, 2.45) is 0 Å². The summed E-state index contributed by atoms with van der Waals surface area (Å²) in [5.74, 6) is -1.28. The van der Waals surface area contributed by atoms with Crippen molar-refractivity contribution < 1.29 is 24.2 Å². The monoisotopic (exact) mass is 377 g/mol. The van der Waals surface area contributed by atoms with E-state index in [2.05, 4.69) is 26.1 Å². The van der Waals surface area contributed by atoms with Crippen molar-refractivity contribution in [2.75, 3.05) is 13.2 Å². The lowest BCUT2D eigenvalue weighted by molar-refractivity contribution is -0.138. The molecule has 3 atom stereocenters. The van der Waals surface area contributed by atoms with Gasteiger partial charge in [0.1, 0.15) is 6.10 Å². The molecular formula is C21H31NO5. The molecule has 3 unspecified atom stereocenters. The van der Waals surface area contributed by atoms with Gasteiger partial charge in [-0.2, -0.15) is 0 Å². The second-order valence-corrected chi connectivity index (χ2v) is 8.14. The van der Waals surface area contributed by atoms with Crippen molar-refractivity contribution in [3.8, 4) is 0 Å². The molecule has 1 aromatic rings. The van der Waals surface area contributed by atoms with Crippen LogP contribution in [0.15, 0.2) is 24.3 Å². The van der Waals surface area contributed by atoms with Gasteiger partial charge in [-0.05, 0) is 36.3 Å². The summed E-state index contributed by atoms with van der Waals surface area (Å²) in [6, 6.07) is 7.12. The highest BCUT2D eigenvalue weighted by Gasteiger charge is 2.24. The largest absolute Gasteiger partial charge is 0.481 e. The molecule has 0 spiro atoms. The Labute approximate surface area is 161 Å². The highest BCUT2D eigenvalue weighted by Crippen LogP contribution is 2.25. The smallest absolute Gasteiger partial charge is 0.305 e. The summed E-state index contributed by atoms with van der Waals surface area (Å²) >= 11 is 0. The van der Waals surface area contributed by atoms with Gasteiger partial charge in [0.2, 0.25) is 5.91 Å². The Morgan fingerprint density at radius 1 is 1.30 bits per heavy atom. The summed E-state index contributed by atoms with van der Waals surface area (Å²) in [6.07, 6.45) is 1.15.